The number of hydrogen-bond donors (Lipinski definition) is 3. The molecule has 0 atom stereocenters. The van der Waals surface area contributed by atoms with Gasteiger partial charge in [-0.25, -0.2) is 0 Å². The second kappa shape index (κ2) is 9.46. The molecule has 5 nitrogen and oxygen atoms in total. The number of methoxy groups -OCH3 is 1. The summed E-state index contributed by atoms with van der Waals surface area (Å²) >= 11 is 6.04. The number of halogens is 2. The van der Waals surface area contributed by atoms with E-state index < -0.39 is 0 Å². The first-order valence-corrected chi connectivity index (χ1v) is 7.14. The molecule has 0 saturated carbocycles. The zero-order valence-electron chi connectivity index (χ0n) is 12.6. The van der Waals surface area contributed by atoms with Crippen LogP contribution in [0.15, 0.2) is 47.5 Å². The average Bonchev–Trinajstić information content (AvgIpc) is 2.47. The van der Waals surface area contributed by atoms with Gasteiger partial charge in [0.25, 0.3) is 0 Å². The third-order valence-electron chi connectivity index (χ3n) is 3.02. The van der Waals surface area contributed by atoms with Gasteiger partial charge >= 0.3 is 0 Å². The average molecular weight is 448 g/mol. The molecular weight excluding hydrogens is 429 g/mol. The summed E-state index contributed by atoms with van der Waals surface area (Å²) in [6, 6.07) is 12.4. The molecule has 0 aliphatic rings. The van der Waals surface area contributed by atoms with E-state index >= 15 is 0 Å². The van der Waals surface area contributed by atoms with Crippen LogP contribution in [0.3, 0.4) is 0 Å². The normalized spacial score (nSPS) is 10.8. The van der Waals surface area contributed by atoms with Crippen LogP contribution in [-0.2, 0) is 6.42 Å². The van der Waals surface area contributed by atoms with Crippen molar-refractivity contribution in [3.63, 3.8) is 0 Å². The molecule has 0 saturated heterocycles. The van der Waals surface area contributed by atoms with Gasteiger partial charge in [0.05, 0.1) is 12.1 Å². The molecule has 23 heavy (non-hydrogen) atoms. The molecule has 4 N–H and O–H groups in total. The summed E-state index contributed by atoms with van der Waals surface area (Å²) in [5.74, 6) is 1.16. The molecule has 7 heteroatoms. The number of anilines is 1. The highest BCUT2D eigenvalue weighted by Crippen LogP contribution is 2.27. The molecular formula is C16H19ClIN3O2. The molecule has 124 valence electrons. The van der Waals surface area contributed by atoms with E-state index in [1.807, 2.05) is 12.1 Å². The molecule has 2 aromatic rings. The number of aliphatic imine (C=N–C) groups is 1. The largest absolute Gasteiger partial charge is 0.508 e. The van der Waals surface area contributed by atoms with Gasteiger partial charge in [-0.05, 0) is 42.3 Å². The quantitative estimate of drug-likeness (QED) is 0.371. The Kier molecular flexibility index (Phi) is 7.97. The van der Waals surface area contributed by atoms with Crippen molar-refractivity contribution in [2.24, 2.45) is 10.7 Å². The number of nitrogens with zero attached hydrogens (tertiary/aromatic N) is 1. The Morgan fingerprint density at radius 3 is 2.74 bits per heavy atom. The van der Waals surface area contributed by atoms with Gasteiger partial charge in [-0.15, -0.1) is 24.0 Å². The molecule has 0 aliphatic carbocycles. The molecule has 0 aromatic heterocycles. The van der Waals surface area contributed by atoms with Crippen LogP contribution in [-0.4, -0.2) is 24.7 Å². The zero-order valence-corrected chi connectivity index (χ0v) is 15.7. The predicted molar refractivity (Wildman–Crippen MR) is 105 cm³/mol. The summed E-state index contributed by atoms with van der Waals surface area (Å²) in [6.07, 6.45) is 0.695. The van der Waals surface area contributed by atoms with Gasteiger partial charge in [0.1, 0.15) is 11.5 Å². The molecule has 0 unspecified atom stereocenters. The Hall–Kier alpha value is -1.67. The molecule has 2 rings (SSSR count). The van der Waals surface area contributed by atoms with Gasteiger partial charge in [0.15, 0.2) is 5.96 Å². The highest BCUT2D eigenvalue weighted by atomic mass is 127. The molecule has 0 heterocycles. The Morgan fingerprint density at radius 2 is 2.09 bits per heavy atom. The maximum absolute atomic E-state index is 9.39. The number of rotatable bonds is 5. The van der Waals surface area contributed by atoms with Crippen LogP contribution in [0.4, 0.5) is 5.69 Å². The lowest BCUT2D eigenvalue weighted by molar-refractivity contribution is 0.415. The molecule has 0 amide bonds. The minimum absolute atomic E-state index is 0. The second-order valence-electron chi connectivity index (χ2n) is 4.66. The SMILES string of the molecule is COc1ccc(NC(N)=NCCc2cccc(O)c2)cc1Cl.I. The van der Waals surface area contributed by atoms with E-state index in [0.717, 1.165) is 11.3 Å². The first kappa shape index (κ1) is 19.4. The number of aromatic hydroxyl groups is 1. The lowest BCUT2D eigenvalue weighted by Gasteiger charge is -2.08. The fourth-order valence-corrected chi connectivity index (χ4v) is 2.21. The van der Waals surface area contributed by atoms with Gasteiger partial charge in [-0.1, -0.05) is 23.7 Å². The third-order valence-corrected chi connectivity index (χ3v) is 3.31. The molecule has 0 aliphatic heterocycles. The summed E-state index contributed by atoms with van der Waals surface area (Å²) < 4.78 is 5.09. The van der Waals surface area contributed by atoms with Gasteiger partial charge in [0, 0.05) is 12.2 Å². The van der Waals surface area contributed by atoms with E-state index in [9.17, 15) is 5.11 Å². The lowest BCUT2D eigenvalue weighted by Crippen LogP contribution is -2.23. The van der Waals surface area contributed by atoms with Gasteiger partial charge in [-0.3, -0.25) is 4.99 Å². The summed E-state index contributed by atoms with van der Waals surface area (Å²) in [4.78, 5) is 4.24. The monoisotopic (exact) mass is 447 g/mol. The van der Waals surface area contributed by atoms with Crippen molar-refractivity contribution in [3.8, 4) is 11.5 Å². The lowest BCUT2D eigenvalue weighted by atomic mass is 10.1. The van der Waals surface area contributed by atoms with Gasteiger partial charge in [-0.2, -0.15) is 0 Å². The van der Waals surface area contributed by atoms with Crippen molar-refractivity contribution in [1.29, 1.82) is 0 Å². The van der Waals surface area contributed by atoms with E-state index in [2.05, 4.69) is 10.3 Å². The number of nitrogens with two attached hydrogens (primary N) is 1. The molecule has 0 spiro atoms. The first-order chi connectivity index (χ1) is 10.6. The minimum Gasteiger partial charge on any atom is -0.508 e. The van der Waals surface area contributed by atoms with Crippen LogP contribution < -0.4 is 15.8 Å². The van der Waals surface area contributed by atoms with Crippen molar-refractivity contribution in [2.75, 3.05) is 19.0 Å². The van der Waals surface area contributed by atoms with Crippen LogP contribution in [0.5, 0.6) is 11.5 Å². The van der Waals surface area contributed by atoms with E-state index in [1.165, 1.54) is 0 Å². The standard InChI is InChI=1S/C16H18ClN3O2.HI/c1-22-15-6-5-12(10-14(15)17)20-16(18)19-8-7-11-3-2-4-13(21)9-11;/h2-6,9-10,21H,7-8H2,1H3,(H3,18,19,20);1H. The number of benzene rings is 2. The smallest absolute Gasteiger partial charge is 0.193 e. The van der Waals surface area contributed by atoms with Gasteiger partial charge in [0.2, 0.25) is 0 Å². The Bertz CT molecular complexity index is 680. The molecule has 0 fully saturated rings. The van der Waals surface area contributed by atoms with Gasteiger partial charge < -0.3 is 20.9 Å². The van der Waals surface area contributed by atoms with Crippen LogP contribution in [0.1, 0.15) is 5.56 Å². The van der Waals surface area contributed by atoms with Crippen molar-refractivity contribution >= 4 is 47.2 Å². The highest BCUT2D eigenvalue weighted by Gasteiger charge is 2.02. The van der Waals surface area contributed by atoms with E-state index in [4.69, 9.17) is 22.1 Å². The van der Waals surface area contributed by atoms with Crippen LogP contribution in [0.25, 0.3) is 0 Å². The number of phenols is 1. The topological polar surface area (TPSA) is 79.9 Å². The van der Waals surface area contributed by atoms with Crippen LogP contribution >= 0.6 is 35.6 Å². The van der Waals surface area contributed by atoms with E-state index in [1.54, 1.807) is 37.4 Å². The van der Waals surface area contributed by atoms with Crippen molar-refractivity contribution < 1.29 is 9.84 Å². The molecule has 0 bridgehead atoms. The number of phenolic OH excluding ortho intramolecular Hbond substituents is 1. The Morgan fingerprint density at radius 1 is 1.30 bits per heavy atom. The van der Waals surface area contributed by atoms with Crippen molar-refractivity contribution in [2.45, 2.75) is 6.42 Å². The molecule has 2 aromatic carbocycles. The summed E-state index contributed by atoms with van der Waals surface area (Å²) in [6.45, 7) is 0.520. The fraction of sp³-hybridized carbons (Fsp3) is 0.188. The maximum Gasteiger partial charge on any atom is 0.193 e. The first-order valence-electron chi connectivity index (χ1n) is 6.77. The highest BCUT2D eigenvalue weighted by molar-refractivity contribution is 14.0. The number of hydrogen-bond acceptors (Lipinski definition) is 3. The second-order valence-corrected chi connectivity index (χ2v) is 5.07. The third kappa shape index (κ3) is 6.15. The van der Waals surface area contributed by atoms with E-state index in [-0.39, 0.29) is 29.7 Å². The van der Waals surface area contributed by atoms with Crippen LogP contribution in [0, 0.1) is 0 Å². The minimum atomic E-state index is 0. The van der Waals surface area contributed by atoms with E-state index in [0.29, 0.717) is 29.7 Å². The number of ether oxygens (including phenoxy) is 1. The van der Waals surface area contributed by atoms with Crippen molar-refractivity contribution in [1.82, 2.24) is 0 Å². The van der Waals surface area contributed by atoms with Crippen molar-refractivity contribution in [3.05, 3.63) is 53.1 Å². The summed E-state index contributed by atoms with van der Waals surface area (Å²) in [7, 11) is 1.56. The fourth-order valence-electron chi connectivity index (χ4n) is 1.95. The summed E-state index contributed by atoms with van der Waals surface area (Å²) in [5, 5.41) is 12.9. The zero-order chi connectivity index (χ0) is 15.9. The van der Waals surface area contributed by atoms with Crippen LogP contribution in [0.2, 0.25) is 5.02 Å². The predicted octanol–water partition coefficient (Wildman–Crippen LogP) is 3.64. The Balaban J connectivity index is 0.00000264. The summed E-state index contributed by atoms with van der Waals surface area (Å²) in [5.41, 5.74) is 7.58. The maximum atomic E-state index is 9.39. The molecule has 0 radical (unpaired) electrons. The number of guanidine groups is 1. The number of nitrogens with one attached hydrogen (secondary N) is 1. The Labute approximate surface area is 157 Å².